The van der Waals surface area contributed by atoms with E-state index in [1.165, 1.54) is 0 Å². The standard InChI is InChI=1S/C12H23N5O/c1-10-9-11(16-12(13-2)15-10)14-5-7-18-8-6-17(3)4/h9H,5-8H2,1-4H3,(H2,13,14,15,16). The zero-order chi connectivity index (χ0) is 13.4. The van der Waals surface area contributed by atoms with Crippen LogP contribution in [0.25, 0.3) is 0 Å². The number of aryl methyl sites for hydroxylation is 1. The molecule has 0 atom stereocenters. The SMILES string of the molecule is CNc1nc(C)cc(NCCOCCN(C)C)n1. The van der Waals surface area contributed by atoms with Gasteiger partial charge in [0.15, 0.2) is 0 Å². The molecule has 1 rings (SSSR count). The second-order valence-electron chi connectivity index (χ2n) is 4.31. The van der Waals surface area contributed by atoms with Crippen LogP contribution in [0, 0.1) is 6.92 Å². The number of ether oxygens (including phenoxy) is 1. The predicted octanol–water partition coefficient (Wildman–Crippen LogP) is 0.817. The maximum absolute atomic E-state index is 5.49. The van der Waals surface area contributed by atoms with Crippen molar-refractivity contribution in [3.8, 4) is 0 Å². The zero-order valence-corrected chi connectivity index (χ0v) is 11.7. The fraction of sp³-hybridized carbons (Fsp3) is 0.667. The quantitative estimate of drug-likeness (QED) is 0.669. The minimum absolute atomic E-state index is 0.631. The van der Waals surface area contributed by atoms with Gasteiger partial charge in [0.05, 0.1) is 13.2 Å². The van der Waals surface area contributed by atoms with Gasteiger partial charge in [0.25, 0.3) is 0 Å². The second kappa shape index (κ2) is 7.84. The summed E-state index contributed by atoms with van der Waals surface area (Å²) in [5.74, 6) is 1.45. The second-order valence-corrected chi connectivity index (χ2v) is 4.31. The van der Waals surface area contributed by atoms with E-state index in [9.17, 15) is 0 Å². The van der Waals surface area contributed by atoms with Crippen molar-refractivity contribution in [3.63, 3.8) is 0 Å². The summed E-state index contributed by atoms with van der Waals surface area (Å²) in [4.78, 5) is 10.6. The van der Waals surface area contributed by atoms with Crippen molar-refractivity contribution in [1.82, 2.24) is 14.9 Å². The van der Waals surface area contributed by atoms with Crippen LogP contribution < -0.4 is 10.6 Å². The van der Waals surface area contributed by atoms with Gasteiger partial charge >= 0.3 is 0 Å². The topological polar surface area (TPSA) is 62.3 Å². The average Bonchev–Trinajstić information content (AvgIpc) is 2.32. The van der Waals surface area contributed by atoms with Gasteiger partial charge in [-0.2, -0.15) is 4.98 Å². The lowest BCUT2D eigenvalue weighted by molar-refractivity contribution is 0.126. The lowest BCUT2D eigenvalue weighted by Crippen LogP contribution is -2.20. The largest absolute Gasteiger partial charge is 0.378 e. The third-order valence-corrected chi connectivity index (χ3v) is 2.31. The Kier molecular flexibility index (Phi) is 6.38. The highest BCUT2D eigenvalue weighted by Crippen LogP contribution is 2.08. The molecule has 102 valence electrons. The predicted molar refractivity (Wildman–Crippen MR) is 74.2 cm³/mol. The van der Waals surface area contributed by atoms with Gasteiger partial charge in [0, 0.05) is 31.9 Å². The van der Waals surface area contributed by atoms with E-state index in [2.05, 4.69) is 25.5 Å². The Morgan fingerprint density at radius 3 is 2.72 bits per heavy atom. The molecule has 0 aromatic carbocycles. The number of hydrogen-bond donors (Lipinski definition) is 2. The number of nitrogens with one attached hydrogen (secondary N) is 2. The molecule has 0 bridgehead atoms. The summed E-state index contributed by atoms with van der Waals surface area (Å²) in [5, 5.41) is 6.15. The molecule has 0 saturated carbocycles. The molecule has 0 aliphatic heterocycles. The van der Waals surface area contributed by atoms with Crippen LogP contribution >= 0.6 is 0 Å². The van der Waals surface area contributed by atoms with Gasteiger partial charge in [-0.1, -0.05) is 0 Å². The Balaban J connectivity index is 2.24. The van der Waals surface area contributed by atoms with E-state index in [4.69, 9.17) is 4.74 Å². The highest BCUT2D eigenvalue weighted by Gasteiger charge is 1.99. The molecule has 0 radical (unpaired) electrons. The van der Waals surface area contributed by atoms with Gasteiger partial charge in [-0.25, -0.2) is 4.98 Å². The normalized spacial score (nSPS) is 10.7. The van der Waals surface area contributed by atoms with Crippen molar-refractivity contribution >= 4 is 11.8 Å². The lowest BCUT2D eigenvalue weighted by atomic mass is 10.4. The van der Waals surface area contributed by atoms with Crippen LogP contribution in [0.2, 0.25) is 0 Å². The number of anilines is 2. The lowest BCUT2D eigenvalue weighted by Gasteiger charge is -2.11. The van der Waals surface area contributed by atoms with E-state index in [1.54, 1.807) is 0 Å². The molecule has 6 nitrogen and oxygen atoms in total. The van der Waals surface area contributed by atoms with Gasteiger partial charge in [-0.15, -0.1) is 0 Å². The summed E-state index contributed by atoms with van der Waals surface area (Å²) in [5.41, 5.74) is 0.936. The van der Waals surface area contributed by atoms with Crippen LogP contribution in [0.1, 0.15) is 5.69 Å². The van der Waals surface area contributed by atoms with Crippen molar-refractivity contribution in [1.29, 1.82) is 0 Å². The number of hydrogen-bond acceptors (Lipinski definition) is 6. The molecule has 6 heteroatoms. The zero-order valence-electron chi connectivity index (χ0n) is 11.7. The van der Waals surface area contributed by atoms with Crippen LogP contribution in [0.4, 0.5) is 11.8 Å². The first-order valence-electron chi connectivity index (χ1n) is 6.11. The van der Waals surface area contributed by atoms with Crippen LogP contribution in [0.15, 0.2) is 6.07 Å². The summed E-state index contributed by atoms with van der Waals surface area (Å²) in [6.45, 7) is 5.05. The van der Waals surface area contributed by atoms with Crippen molar-refractivity contribution in [3.05, 3.63) is 11.8 Å². The van der Waals surface area contributed by atoms with Crippen LogP contribution in [0.5, 0.6) is 0 Å². The first kappa shape index (κ1) is 14.7. The molecule has 1 aromatic heterocycles. The third kappa shape index (κ3) is 5.79. The van der Waals surface area contributed by atoms with E-state index in [1.807, 2.05) is 34.1 Å². The smallest absolute Gasteiger partial charge is 0.224 e. The van der Waals surface area contributed by atoms with E-state index >= 15 is 0 Å². The first-order valence-corrected chi connectivity index (χ1v) is 6.11. The molecule has 0 aliphatic rings. The number of nitrogens with zero attached hydrogens (tertiary/aromatic N) is 3. The Labute approximate surface area is 109 Å². The Morgan fingerprint density at radius 2 is 2.06 bits per heavy atom. The van der Waals surface area contributed by atoms with Crippen molar-refractivity contribution in [2.75, 3.05) is 58.1 Å². The monoisotopic (exact) mass is 253 g/mol. The highest BCUT2D eigenvalue weighted by atomic mass is 16.5. The van der Waals surface area contributed by atoms with E-state index in [0.717, 1.165) is 31.2 Å². The third-order valence-electron chi connectivity index (χ3n) is 2.31. The maximum Gasteiger partial charge on any atom is 0.224 e. The minimum atomic E-state index is 0.631. The number of aromatic nitrogens is 2. The highest BCUT2D eigenvalue weighted by molar-refractivity contribution is 5.41. The van der Waals surface area contributed by atoms with Crippen molar-refractivity contribution < 1.29 is 4.74 Å². The molecular weight excluding hydrogens is 230 g/mol. The Bertz CT molecular complexity index is 356. The molecule has 1 heterocycles. The number of rotatable bonds is 8. The number of likely N-dealkylation sites (N-methyl/N-ethyl adjacent to an activating group) is 1. The van der Waals surface area contributed by atoms with Crippen LogP contribution in [-0.2, 0) is 4.74 Å². The molecule has 0 unspecified atom stereocenters. The van der Waals surface area contributed by atoms with E-state index in [0.29, 0.717) is 12.6 Å². The summed E-state index contributed by atoms with van der Waals surface area (Å²) in [6.07, 6.45) is 0. The minimum Gasteiger partial charge on any atom is -0.378 e. The fourth-order valence-corrected chi connectivity index (χ4v) is 1.37. The van der Waals surface area contributed by atoms with E-state index < -0.39 is 0 Å². The summed E-state index contributed by atoms with van der Waals surface area (Å²) < 4.78 is 5.49. The van der Waals surface area contributed by atoms with Gasteiger partial charge in [0.2, 0.25) is 5.95 Å². The van der Waals surface area contributed by atoms with Crippen LogP contribution in [-0.4, -0.2) is 62.3 Å². The van der Waals surface area contributed by atoms with Crippen molar-refractivity contribution in [2.24, 2.45) is 0 Å². The van der Waals surface area contributed by atoms with Gasteiger partial charge in [0.1, 0.15) is 5.82 Å². The molecule has 0 saturated heterocycles. The van der Waals surface area contributed by atoms with E-state index in [-0.39, 0.29) is 0 Å². The molecular formula is C12H23N5O. The molecule has 1 aromatic rings. The Hall–Kier alpha value is -1.40. The van der Waals surface area contributed by atoms with Gasteiger partial charge < -0.3 is 20.3 Å². The molecule has 0 amide bonds. The van der Waals surface area contributed by atoms with Gasteiger partial charge in [-0.05, 0) is 21.0 Å². The summed E-state index contributed by atoms with van der Waals surface area (Å²) >= 11 is 0. The van der Waals surface area contributed by atoms with Crippen LogP contribution in [0.3, 0.4) is 0 Å². The molecule has 0 aliphatic carbocycles. The molecule has 18 heavy (non-hydrogen) atoms. The van der Waals surface area contributed by atoms with Gasteiger partial charge in [-0.3, -0.25) is 0 Å². The first-order chi connectivity index (χ1) is 8.61. The van der Waals surface area contributed by atoms with Crippen molar-refractivity contribution in [2.45, 2.75) is 6.92 Å². The molecule has 0 spiro atoms. The molecule has 0 fully saturated rings. The average molecular weight is 253 g/mol. The maximum atomic E-state index is 5.49. The fourth-order valence-electron chi connectivity index (χ4n) is 1.37. The summed E-state index contributed by atoms with van der Waals surface area (Å²) in [6, 6.07) is 1.92. The molecule has 2 N–H and O–H groups in total. The Morgan fingerprint density at radius 1 is 1.28 bits per heavy atom. The summed E-state index contributed by atoms with van der Waals surface area (Å²) in [7, 11) is 5.87.